The molecule has 0 aromatic heterocycles. The van der Waals surface area contributed by atoms with E-state index in [1.165, 1.54) is 24.0 Å². The van der Waals surface area contributed by atoms with Crippen molar-refractivity contribution in [3.63, 3.8) is 0 Å². The van der Waals surface area contributed by atoms with E-state index >= 15 is 0 Å². The van der Waals surface area contributed by atoms with E-state index in [9.17, 15) is 0 Å². The van der Waals surface area contributed by atoms with Gasteiger partial charge in [0.05, 0.1) is 0 Å². The van der Waals surface area contributed by atoms with Crippen molar-refractivity contribution in [2.75, 3.05) is 0 Å². The van der Waals surface area contributed by atoms with Crippen molar-refractivity contribution < 1.29 is 0 Å². The zero-order valence-electron chi connectivity index (χ0n) is 10.0. The zero-order valence-corrected chi connectivity index (χ0v) is 10.0. The summed E-state index contributed by atoms with van der Waals surface area (Å²) in [5, 5.41) is 0. The predicted molar refractivity (Wildman–Crippen MR) is 65.0 cm³/mol. The molecule has 0 amide bonds. The molecule has 1 nitrogen and oxygen atoms in total. The van der Waals surface area contributed by atoms with E-state index in [2.05, 4.69) is 45.0 Å². The van der Waals surface area contributed by atoms with Gasteiger partial charge in [-0.25, -0.2) is 0 Å². The van der Waals surface area contributed by atoms with Gasteiger partial charge in [0.2, 0.25) is 0 Å². The summed E-state index contributed by atoms with van der Waals surface area (Å²) < 4.78 is 0. The van der Waals surface area contributed by atoms with E-state index in [0.717, 1.165) is 6.42 Å². The Labute approximate surface area is 92.7 Å². The van der Waals surface area contributed by atoms with Crippen LogP contribution in [0.3, 0.4) is 0 Å². The Kier molecular flexibility index (Phi) is 2.38. The summed E-state index contributed by atoms with van der Waals surface area (Å²) in [4.78, 5) is 0. The molecular formula is C14H21N. The quantitative estimate of drug-likeness (QED) is 0.803. The highest BCUT2D eigenvalue weighted by Crippen LogP contribution is 2.55. The number of benzene rings is 1. The van der Waals surface area contributed by atoms with Crippen molar-refractivity contribution in [3.8, 4) is 0 Å². The van der Waals surface area contributed by atoms with Crippen molar-refractivity contribution >= 4 is 0 Å². The van der Waals surface area contributed by atoms with Crippen LogP contribution in [0.2, 0.25) is 0 Å². The number of hydrogen-bond donors (Lipinski definition) is 1. The SMILES string of the molecule is CCc1ccccc1C1(C(C)(C)N)CC1. The van der Waals surface area contributed by atoms with Crippen molar-refractivity contribution in [2.24, 2.45) is 5.73 Å². The van der Waals surface area contributed by atoms with E-state index in [0.29, 0.717) is 0 Å². The standard InChI is InChI=1S/C14H21N/c1-4-11-7-5-6-8-12(11)14(9-10-14)13(2,3)15/h5-8H,4,9-10,15H2,1-3H3. The topological polar surface area (TPSA) is 26.0 Å². The normalized spacial score (nSPS) is 18.9. The number of hydrogen-bond acceptors (Lipinski definition) is 1. The summed E-state index contributed by atoms with van der Waals surface area (Å²) in [6, 6.07) is 8.77. The van der Waals surface area contributed by atoms with Crippen LogP contribution in [0.25, 0.3) is 0 Å². The van der Waals surface area contributed by atoms with Crippen LogP contribution in [-0.2, 0) is 11.8 Å². The van der Waals surface area contributed by atoms with Gasteiger partial charge in [0.1, 0.15) is 0 Å². The Morgan fingerprint density at radius 1 is 1.27 bits per heavy atom. The average Bonchev–Trinajstić information content (AvgIpc) is 2.97. The minimum atomic E-state index is -0.0989. The predicted octanol–water partition coefficient (Wildman–Crippen LogP) is 3.02. The highest BCUT2D eigenvalue weighted by Gasteiger charge is 2.54. The molecule has 1 aromatic rings. The highest BCUT2D eigenvalue weighted by molar-refractivity contribution is 5.42. The van der Waals surface area contributed by atoms with Gasteiger partial charge in [-0.2, -0.15) is 0 Å². The Morgan fingerprint density at radius 3 is 2.33 bits per heavy atom. The third-order valence-corrected chi connectivity index (χ3v) is 3.90. The first-order chi connectivity index (χ1) is 7.01. The molecule has 1 fully saturated rings. The maximum absolute atomic E-state index is 6.33. The monoisotopic (exact) mass is 203 g/mol. The van der Waals surface area contributed by atoms with Crippen molar-refractivity contribution in [1.29, 1.82) is 0 Å². The minimum absolute atomic E-state index is 0.0989. The summed E-state index contributed by atoms with van der Waals surface area (Å²) >= 11 is 0. The van der Waals surface area contributed by atoms with Crippen LogP contribution in [-0.4, -0.2) is 5.54 Å². The molecule has 0 heterocycles. The first-order valence-corrected chi connectivity index (χ1v) is 5.88. The fraction of sp³-hybridized carbons (Fsp3) is 0.571. The minimum Gasteiger partial charge on any atom is -0.325 e. The lowest BCUT2D eigenvalue weighted by atomic mass is 9.77. The molecular weight excluding hydrogens is 182 g/mol. The molecule has 0 bridgehead atoms. The largest absolute Gasteiger partial charge is 0.325 e. The molecule has 0 radical (unpaired) electrons. The molecule has 0 spiro atoms. The first kappa shape index (κ1) is 10.7. The fourth-order valence-corrected chi connectivity index (χ4v) is 2.68. The van der Waals surface area contributed by atoms with Crippen LogP contribution >= 0.6 is 0 Å². The average molecular weight is 203 g/mol. The zero-order chi connectivity index (χ0) is 11.1. The lowest BCUT2D eigenvalue weighted by molar-refractivity contribution is 0.389. The van der Waals surface area contributed by atoms with Gasteiger partial charge < -0.3 is 5.73 Å². The van der Waals surface area contributed by atoms with Crippen LogP contribution in [0, 0.1) is 0 Å². The van der Waals surface area contributed by atoms with E-state index < -0.39 is 0 Å². The molecule has 1 heteroatoms. The maximum atomic E-state index is 6.33. The van der Waals surface area contributed by atoms with Crippen LogP contribution in [0.1, 0.15) is 44.7 Å². The third kappa shape index (κ3) is 1.59. The Hall–Kier alpha value is -0.820. The summed E-state index contributed by atoms with van der Waals surface area (Å²) in [6.45, 7) is 6.54. The van der Waals surface area contributed by atoms with Crippen LogP contribution in [0.15, 0.2) is 24.3 Å². The van der Waals surface area contributed by atoms with Gasteiger partial charge in [-0.1, -0.05) is 31.2 Å². The molecule has 0 aliphatic heterocycles. The van der Waals surface area contributed by atoms with Gasteiger partial charge in [0.25, 0.3) is 0 Å². The molecule has 82 valence electrons. The van der Waals surface area contributed by atoms with Crippen molar-refractivity contribution in [3.05, 3.63) is 35.4 Å². The van der Waals surface area contributed by atoms with Gasteiger partial charge >= 0.3 is 0 Å². The summed E-state index contributed by atoms with van der Waals surface area (Å²) in [7, 11) is 0. The molecule has 0 atom stereocenters. The number of nitrogens with two attached hydrogens (primary N) is 1. The molecule has 2 N–H and O–H groups in total. The van der Waals surface area contributed by atoms with E-state index in [1.807, 2.05) is 0 Å². The van der Waals surface area contributed by atoms with Crippen LogP contribution < -0.4 is 5.73 Å². The smallest absolute Gasteiger partial charge is 0.0195 e. The van der Waals surface area contributed by atoms with Gasteiger partial charge in [-0.3, -0.25) is 0 Å². The van der Waals surface area contributed by atoms with Gasteiger partial charge in [-0.05, 0) is 44.2 Å². The van der Waals surface area contributed by atoms with Gasteiger partial charge in [0.15, 0.2) is 0 Å². The molecule has 2 rings (SSSR count). The fourth-order valence-electron chi connectivity index (χ4n) is 2.68. The van der Waals surface area contributed by atoms with Gasteiger partial charge in [0, 0.05) is 11.0 Å². The Morgan fingerprint density at radius 2 is 1.87 bits per heavy atom. The van der Waals surface area contributed by atoms with E-state index in [-0.39, 0.29) is 11.0 Å². The molecule has 15 heavy (non-hydrogen) atoms. The second-order valence-electron chi connectivity index (χ2n) is 5.31. The number of aryl methyl sites for hydroxylation is 1. The van der Waals surface area contributed by atoms with Crippen molar-refractivity contribution in [1.82, 2.24) is 0 Å². The third-order valence-electron chi connectivity index (χ3n) is 3.90. The highest BCUT2D eigenvalue weighted by atomic mass is 14.8. The molecule has 0 unspecified atom stereocenters. The van der Waals surface area contributed by atoms with E-state index in [4.69, 9.17) is 5.73 Å². The molecule has 1 aliphatic carbocycles. The van der Waals surface area contributed by atoms with Crippen molar-refractivity contribution in [2.45, 2.75) is 51.0 Å². The van der Waals surface area contributed by atoms with Gasteiger partial charge in [-0.15, -0.1) is 0 Å². The summed E-state index contributed by atoms with van der Waals surface area (Å²) in [5.74, 6) is 0. The first-order valence-electron chi connectivity index (χ1n) is 5.88. The van der Waals surface area contributed by atoms with E-state index in [1.54, 1.807) is 0 Å². The second kappa shape index (κ2) is 3.34. The van der Waals surface area contributed by atoms with Crippen LogP contribution in [0.4, 0.5) is 0 Å². The Bertz CT molecular complexity index is 356. The lowest BCUT2D eigenvalue weighted by Gasteiger charge is -2.32. The summed E-state index contributed by atoms with van der Waals surface area (Å²) in [6.07, 6.45) is 3.59. The second-order valence-corrected chi connectivity index (χ2v) is 5.31. The lowest BCUT2D eigenvalue weighted by Crippen LogP contribution is -2.45. The molecule has 1 saturated carbocycles. The van der Waals surface area contributed by atoms with Crippen LogP contribution in [0.5, 0.6) is 0 Å². The molecule has 1 aromatic carbocycles. The molecule has 0 saturated heterocycles. The molecule has 1 aliphatic rings. The summed E-state index contributed by atoms with van der Waals surface area (Å²) in [5.41, 5.74) is 9.43. The number of rotatable bonds is 3. The Balaban J connectivity index is 2.46. The maximum Gasteiger partial charge on any atom is 0.0195 e.